The lowest BCUT2D eigenvalue weighted by Gasteiger charge is -2.14. The maximum absolute atomic E-state index is 11.8. The number of aromatic nitrogens is 2. The van der Waals surface area contributed by atoms with Crippen molar-refractivity contribution in [1.82, 2.24) is 15.3 Å². The molecule has 1 aromatic rings. The standard InChI is InChI=1S/C9H10N4O3/c14-8-6(12-9(15)16)1-4-13(8)7-5-10-2-3-11-7/h2-3,5-6,12H,1,4H2,(H,15,16). The molecular formula is C9H10N4O3. The van der Waals surface area contributed by atoms with Crippen molar-refractivity contribution in [2.24, 2.45) is 0 Å². The fourth-order valence-electron chi connectivity index (χ4n) is 1.62. The number of amides is 2. The molecule has 1 fully saturated rings. The van der Waals surface area contributed by atoms with Gasteiger partial charge in [0.1, 0.15) is 6.04 Å². The first-order valence-electron chi connectivity index (χ1n) is 4.75. The van der Waals surface area contributed by atoms with Crippen LogP contribution in [0.5, 0.6) is 0 Å². The Balaban J connectivity index is 2.11. The first-order valence-corrected chi connectivity index (χ1v) is 4.75. The molecule has 1 aromatic heterocycles. The Hall–Kier alpha value is -2.18. The quantitative estimate of drug-likeness (QED) is 0.725. The molecule has 0 saturated carbocycles. The molecule has 0 aromatic carbocycles. The average molecular weight is 222 g/mol. The normalized spacial score (nSPS) is 19.9. The minimum Gasteiger partial charge on any atom is -0.465 e. The summed E-state index contributed by atoms with van der Waals surface area (Å²) >= 11 is 0. The van der Waals surface area contributed by atoms with E-state index in [1.807, 2.05) is 0 Å². The zero-order chi connectivity index (χ0) is 11.5. The van der Waals surface area contributed by atoms with E-state index in [1.54, 1.807) is 0 Å². The largest absolute Gasteiger partial charge is 0.465 e. The van der Waals surface area contributed by atoms with Crippen LogP contribution in [-0.4, -0.2) is 39.7 Å². The lowest BCUT2D eigenvalue weighted by molar-refractivity contribution is -0.118. The molecule has 7 nitrogen and oxygen atoms in total. The molecule has 7 heteroatoms. The first-order chi connectivity index (χ1) is 7.68. The zero-order valence-corrected chi connectivity index (χ0v) is 8.33. The summed E-state index contributed by atoms with van der Waals surface area (Å²) < 4.78 is 0. The third-order valence-corrected chi connectivity index (χ3v) is 2.33. The summed E-state index contributed by atoms with van der Waals surface area (Å²) in [5.41, 5.74) is 0. The summed E-state index contributed by atoms with van der Waals surface area (Å²) in [6.45, 7) is 0.447. The van der Waals surface area contributed by atoms with E-state index in [1.165, 1.54) is 23.5 Å². The Morgan fingerprint density at radius 3 is 3.00 bits per heavy atom. The Kier molecular flexibility index (Phi) is 2.67. The van der Waals surface area contributed by atoms with Crippen LogP contribution in [0.25, 0.3) is 0 Å². The molecule has 2 rings (SSSR count). The first kappa shape index (κ1) is 10.3. The van der Waals surface area contributed by atoms with E-state index < -0.39 is 12.1 Å². The van der Waals surface area contributed by atoms with Crippen LogP contribution in [0, 0.1) is 0 Å². The lowest BCUT2D eigenvalue weighted by Crippen LogP contribution is -2.41. The van der Waals surface area contributed by atoms with Gasteiger partial charge in [-0.05, 0) is 6.42 Å². The van der Waals surface area contributed by atoms with Crippen LogP contribution in [-0.2, 0) is 4.79 Å². The van der Waals surface area contributed by atoms with Gasteiger partial charge in [-0.25, -0.2) is 9.78 Å². The highest BCUT2D eigenvalue weighted by Crippen LogP contribution is 2.17. The predicted molar refractivity (Wildman–Crippen MR) is 54.0 cm³/mol. The third-order valence-electron chi connectivity index (χ3n) is 2.33. The van der Waals surface area contributed by atoms with Gasteiger partial charge in [-0.15, -0.1) is 0 Å². The Labute approximate surface area is 91.1 Å². The summed E-state index contributed by atoms with van der Waals surface area (Å²) in [4.78, 5) is 31.5. The van der Waals surface area contributed by atoms with Gasteiger partial charge in [-0.1, -0.05) is 0 Å². The van der Waals surface area contributed by atoms with Crippen molar-refractivity contribution < 1.29 is 14.7 Å². The average Bonchev–Trinajstić information content (AvgIpc) is 2.61. The number of carbonyl (C=O) groups excluding carboxylic acids is 1. The molecule has 84 valence electrons. The van der Waals surface area contributed by atoms with E-state index in [0.717, 1.165) is 0 Å². The van der Waals surface area contributed by atoms with Crippen molar-refractivity contribution in [2.75, 3.05) is 11.4 Å². The van der Waals surface area contributed by atoms with Crippen LogP contribution in [0.15, 0.2) is 18.6 Å². The van der Waals surface area contributed by atoms with Crippen molar-refractivity contribution in [2.45, 2.75) is 12.5 Å². The number of hydrogen-bond acceptors (Lipinski definition) is 4. The third kappa shape index (κ3) is 1.92. The monoisotopic (exact) mass is 222 g/mol. The molecule has 1 saturated heterocycles. The van der Waals surface area contributed by atoms with Gasteiger partial charge in [0.2, 0.25) is 0 Å². The number of carboxylic acid groups (broad SMARTS) is 1. The Morgan fingerprint density at radius 2 is 2.38 bits per heavy atom. The molecule has 0 spiro atoms. The molecule has 1 aliphatic rings. The van der Waals surface area contributed by atoms with E-state index in [-0.39, 0.29) is 5.91 Å². The summed E-state index contributed by atoms with van der Waals surface area (Å²) in [6, 6.07) is -0.681. The highest BCUT2D eigenvalue weighted by atomic mass is 16.4. The molecule has 1 aliphatic heterocycles. The second-order valence-electron chi connectivity index (χ2n) is 3.34. The second kappa shape index (κ2) is 4.13. The van der Waals surface area contributed by atoms with E-state index in [9.17, 15) is 9.59 Å². The maximum atomic E-state index is 11.8. The minimum atomic E-state index is -1.20. The molecular weight excluding hydrogens is 212 g/mol. The SMILES string of the molecule is O=C(O)NC1CCN(c2cnccn2)C1=O. The van der Waals surface area contributed by atoms with Gasteiger partial charge < -0.3 is 10.4 Å². The molecule has 2 amide bonds. The Bertz CT molecular complexity index is 408. The molecule has 2 N–H and O–H groups in total. The van der Waals surface area contributed by atoms with Crippen LogP contribution in [0.4, 0.5) is 10.6 Å². The van der Waals surface area contributed by atoms with Gasteiger partial charge in [0.15, 0.2) is 5.82 Å². The fourth-order valence-corrected chi connectivity index (χ4v) is 1.62. The van der Waals surface area contributed by atoms with Crippen molar-refractivity contribution in [3.63, 3.8) is 0 Å². The minimum absolute atomic E-state index is 0.289. The van der Waals surface area contributed by atoms with Gasteiger partial charge in [-0.3, -0.25) is 14.7 Å². The zero-order valence-electron chi connectivity index (χ0n) is 8.33. The van der Waals surface area contributed by atoms with Gasteiger partial charge >= 0.3 is 6.09 Å². The van der Waals surface area contributed by atoms with Crippen LogP contribution >= 0.6 is 0 Å². The highest BCUT2D eigenvalue weighted by Gasteiger charge is 2.34. The van der Waals surface area contributed by atoms with E-state index in [2.05, 4.69) is 15.3 Å². The van der Waals surface area contributed by atoms with Crippen LogP contribution in [0.2, 0.25) is 0 Å². The molecule has 1 unspecified atom stereocenters. The molecule has 1 atom stereocenters. The number of nitrogens with zero attached hydrogens (tertiary/aromatic N) is 3. The van der Waals surface area contributed by atoms with Crippen LogP contribution < -0.4 is 10.2 Å². The van der Waals surface area contributed by atoms with Gasteiger partial charge in [0.05, 0.1) is 6.20 Å². The number of carbonyl (C=O) groups is 2. The molecule has 0 bridgehead atoms. The number of rotatable bonds is 2. The Morgan fingerprint density at radius 1 is 1.56 bits per heavy atom. The lowest BCUT2D eigenvalue weighted by atomic mass is 10.2. The van der Waals surface area contributed by atoms with E-state index >= 15 is 0 Å². The van der Waals surface area contributed by atoms with Crippen molar-refractivity contribution in [3.05, 3.63) is 18.6 Å². The number of nitrogens with one attached hydrogen (secondary N) is 1. The molecule has 2 heterocycles. The fraction of sp³-hybridized carbons (Fsp3) is 0.333. The van der Waals surface area contributed by atoms with Gasteiger partial charge in [0, 0.05) is 18.9 Å². The van der Waals surface area contributed by atoms with Crippen molar-refractivity contribution in [3.8, 4) is 0 Å². The topological polar surface area (TPSA) is 95.4 Å². The van der Waals surface area contributed by atoms with E-state index in [0.29, 0.717) is 18.8 Å². The summed E-state index contributed by atoms with van der Waals surface area (Å²) in [7, 11) is 0. The molecule has 0 aliphatic carbocycles. The summed E-state index contributed by atoms with van der Waals surface area (Å²) in [6.07, 6.45) is 3.72. The second-order valence-corrected chi connectivity index (χ2v) is 3.34. The maximum Gasteiger partial charge on any atom is 0.405 e. The van der Waals surface area contributed by atoms with E-state index in [4.69, 9.17) is 5.11 Å². The number of anilines is 1. The smallest absolute Gasteiger partial charge is 0.405 e. The predicted octanol–water partition coefficient (Wildman–Crippen LogP) is -0.151. The van der Waals surface area contributed by atoms with Crippen molar-refractivity contribution in [1.29, 1.82) is 0 Å². The summed E-state index contributed by atoms with van der Waals surface area (Å²) in [5, 5.41) is 10.7. The van der Waals surface area contributed by atoms with Crippen LogP contribution in [0.3, 0.4) is 0 Å². The number of hydrogen-bond donors (Lipinski definition) is 2. The highest BCUT2D eigenvalue weighted by molar-refractivity contribution is 5.99. The van der Waals surface area contributed by atoms with Gasteiger partial charge in [-0.2, -0.15) is 0 Å². The molecule has 16 heavy (non-hydrogen) atoms. The van der Waals surface area contributed by atoms with Crippen LogP contribution in [0.1, 0.15) is 6.42 Å². The molecule has 0 radical (unpaired) electrons. The van der Waals surface area contributed by atoms with Crippen molar-refractivity contribution >= 4 is 17.8 Å². The van der Waals surface area contributed by atoms with Gasteiger partial charge in [0.25, 0.3) is 5.91 Å². The summed E-state index contributed by atoms with van der Waals surface area (Å²) in [5.74, 6) is 0.157.